The molecular formula is C29H21F4NO2. The van der Waals surface area contributed by atoms with E-state index in [1.54, 1.807) is 24.3 Å². The van der Waals surface area contributed by atoms with E-state index < -0.39 is 35.3 Å². The second-order valence-corrected chi connectivity index (χ2v) is 8.24. The normalized spacial score (nSPS) is 12.1. The minimum atomic E-state index is -4.48. The molecule has 0 aliphatic heterocycles. The van der Waals surface area contributed by atoms with E-state index in [-0.39, 0.29) is 12.0 Å². The summed E-state index contributed by atoms with van der Waals surface area (Å²) >= 11 is 0. The van der Waals surface area contributed by atoms with Gasteiger partial charge in [-0.25, -0.2) is 4.39 Å². The van der Waals surface area contributed by atoms with Crippen LogP contribution in [0.15, 0.2) is 103 Å². The number of benzene rings is 4. The van der Waals surface area contributed by atoms with Crippen molar-refractivity contribution < 1.29 is 27.2 Å². The lowest BCUT2D eigenvalue weighted by atomic mass is 9.96. The monoisotopic (exact) mass is 491 g/mol. The highest BCUT2D eigenvalue weighted by Gasteiger charge is 2.30. The van der Waals surface area contributed by atoms with Gasteiger partial charge < -0.3 is 5.32 Å². The third kappa shape index (κ3) is 6.05. The summed E-state index contributed by atoms with van der Waals surface area (Å²) in [5.41, 5.74) is 2.01. The fourth-order valence-electron chi connectivity index (χ4n) is 3.78. The van der Waals surface area contributed by atoms with Crippen LogP contribution in [0, 0.1) is 5.82 Å². The molecule has 0 saturated carbocycles. The van der Waals surface area contributed by atoms with Gasteiger partial charge in [0.2, 0.25) is 0 Å². The SMILES string of the molecule is O=C(NC(Cc1ccc(C(F)(F)F)cc1)C(=O)c1ccc(F)cc1)c1ccc(-c2ccccc2)cc1. The summed E-state index contributed by atoms with van der Waals surface area (Å²) in [6.45, 7) is 0. The number of Topliss-reactive ketones (excluding diaryl/α,β-unsaturated/α-hetero) is 1. The van der Waals surface area contributed by atoms with Gasteiger partial charge in [0.05, 0.1) is 11.6 Å². The molecule has 1 atom stereocenters. The standard InChI is InChI=1S/C29H21F4NO2/c30-25-16-12-22(13-17-25)27(35)26(18-19-6-14-24(15-7-19)29(31,32)33)34-28(36)23-10-8-21(9-11-23)20-4-2-1-3-5-20/h1-17,26H,18H2,(H,34,36). The number of hydrogen-bond donors (Lipinski definition) is 1. The summed E-state index contributed by atoms with van der Waals surface area (Å²) in [5.74, 6) is -1.51. The largest absolute Gasteiger partial charge is 0.416 e. The molecule has 0 saturated heterocycles. The molecule has 0 radical (unpaired) electrons. The third-order valence-electron chi connectivity index (χ3n) is 5.73. The minimum absolute atomic E-state index is 0.0395. The van der Waals surface area contributed by atoms with Crippen molar-refractivity contribution >= 4 is 11.7 Å². The number of carbonyl (C=O) groups excluding carboxylic acids is 2. The summed E-state index contributed by atoms with van der Waals surface area (Å²) in [4.78, 5) is 26.2. The lowest BCUT2D eigenvalue weighted by molar-refractivity contribution is -0.137. The number of nitrogens with one attached hydrogen (secondary N) is 1. The number of carbonyl (C=O) groups is 2. The Hall–Kier alpha value is -4.26. The molecule has 0 fully saturated rings. The average Bonchev–Trinajstić information content (AvgIpc) is 2.89. The summed E-state index contributed by atoms with van der Waals surface area (Å²) in [6, 6.07) is 24.6. The third-order valence-corrected chi connectivity index (χ3v) is 5.73. The van der Waals surface area contributed by atoms with Crippen molar-refractivity contribution in [1.82, 2.24) is 5.32 Å². The van der Waals surface area contributed by atoms with Crippen LogP contribution in [0.25, 0.3) is 11.1 Å². The number of ketones is 1. The maximum atomic E-state index is 13.3. The van der Waals surface area contributed by atoms with Gasteiger partial charge >= 0.3 is 6.18 Å². The van der Waals surface area contributed by atoms with Crippen LogP contribution in [0.3, 0.4) is 0 Å². The molecule has 182 valence electrons. The topological polar surface area (TPSA) is 46.2 Å². The Bertz CT molecular complexity index is 1330. The predicted octanol–water partition coefficient (Wildman–Crippen LogP) is 6.74. The van der Waals surface area contributed by atoms with Gasteiger partial charge in [0.25, 0.3) is 5.91 Å². The van der Waals surface area contributed by atoms with Crippen molar-refractivity contribution in [1.29, 1.82) is 0 Å². The molecule has 0 aliphatic rings. The van der Waals surface area contributed by atoms with Gasteiger partial charge in [0.15, 0.2) is 5.78 Å². The maximum Gasteiger partial charge on any atom is 0.416 e. The van der Waals surface area contributed by atoms with E-state index in [0.717, 1.165) is 35.4 Å². The number of amides is 1. The lowest BCUT2D eigenvalue weighted by Crippen LogP contribution is -2.42. The first-order chi connectivity index (χ1) is 17.2. The molecule has 0 aromatic heterocycles. The van der Waals surface area contributed by atoms with E-state index in [2.05, 4.69) is 5.32 Å². The molecule has 0 aliphatic carbocycles. The molecule has 4 rings (SSSR count). The van der Waals surface area contributed by atoms with Crippen molar-refractivity contribution in [2.45, 2.75) is 18.6 Å². The van der Waals surface area contributed by atoms with Gasteiger partial charge in [-0.1, -0.05) is 54.6 Å². The predicted molar refractivity (Wildman–Crippen MR) is 129 cm³/mol. The van der Waals surface area contributed by atoms with E-state index in [4.69, 9.17) is 0 Å². The lowest BCUT2D eigenvalue weighted by Gasteiger charge is -2.19. The Kier molecular flexibility index (Phi) is 7.29. The van der Waals surface area contributed by atoms with E-state index in [9.17, 15) is 27.2 Å². The van der Waals surface area contributed by atoms with Crippen LogP contribution in [-0.2, 0) is 12.6 Å². The van der Waals surface area contributed by atoms with Crippen LogP contribution >= 0.6 is 0 Å². The Labute approximate surface area is 205 Å². The Morgan fingerprint density at radius 1 is 0.694 bits per heavy atom. The van der Waals surface area contributed by atoms with E-state index in [0.29, 0.717) is 11.1 Å². The molecule has 0 bridgehead atoms. The highest BCUT2D eigenvalue weighted by atomic mass is 19.4. The highest BCUT2D eigenvalue weighted by Crippen LogP contribution is 2.29. The van der Waals surface area contributed by atoms with Crippen molar-refractivity contribution in [3.8, 4) is 11.1 Å². The van der Waals surface area contributed by atoms with Crippen molar-refractivity contribution in [2.24, 2.45) is 0 Å². The summed E-state index contributed by atoms with van der Waals surface area (Å²) in [6.07, 6.45) is -4.52. The summed E-state index contributed by atoms with van der Waals surface area (Å²) in [7, 11) is 0. The minimum Gasteiger partial charge on any atom is -0.342 e. The smallest absolute Gasteiger partial charge is 0.342 e. The van der Waals surface area contributed by atoms with Crippen molar-refractivity contribution in [2.75, 3.05) is 0 Å². The van der Waals surface area contributed by atoms with Crippen LogP contribution in [0.5, 0.6) is 0 Å². The van der Waals surface area contributed by atoms with Gasteiger partial charge in [-0.15, -0.1) is 0 Å². The molecule has 3 nitrogen and oxygen atoms in total. The quantitative estimate of drug-likeness (QED) is 0.230. The van der Waals surface area contributed by atoms with Crippen LogP contribution in [-0.4, -0.2) is 17.7 Å². The molecule has 1 amide bonds. The average molecular weight is 491 g/mol. The molecule has 7 heteroatoms. The van der Waals surface area contributed by atoms with Crippen molar-refractivity contribution in [3.05, 3.63) is 131 Å². The van der Waals surface area contributed by atoms with E-state index in [1.807, 2.05) is 30.3 Å². The van der Waals surface area contributed by atoms with Gasteiger partial charge in [0, 0.05) is 17.5 Å². The van der Waals surface area contributed by atoms with Crippen LogP contribution in [0.1, 0.15) is 31.8 Å². The Morgan fingerprint density at radius 3 is 1.83 bits per heavy atom. The summed E-state index contributed by atoms with van der Waals surface area (Å²) < 4.78 is 52.1. The first kappa shape index (κ1) is 24.9. The fourth-order valence-corrected chi connectivity index (χ4v) is 3.78. The molecule has 0 spiro atoms. The van der Waals surface area contributed by atoms with Crippen LogP contribution in [0.4, 0.5) is 17.6 Å². The first-order valence-electron chi connectivity index (χ1n) is 11.1. The van der Waals surface area contributed by atoms with E-state index >= 15 is 0 Å². The molecule has 4 aromatic carbocycles. The van der Waals surface area contributed by atoms with Crippen molar-refractivity contribution in [3.63, 3.8) is 0 Å². The Balaban J connectivity index is 1.56. The number of rotatable bonds is 7. The second-order valence-electron chi connectivity index (χ2n) is 8.24. The fraction of sp³-hybridized carbons (Fsp3) is 0.103. The molecular weight excluding hydrogens is 470 g/mol. The van der Waals surface area contributed by atoms with Gasteiger partial charge in [-0.05, 0) is 65.2 Å². The molecule has 1 N–H and O–H groups in total. The second kappa shape index (κ2) is 10.6. The Morgan fingerprint density at radius 2 is 1.25 bits per heavy atom. The zero-order chi connectivity index (χ0) is 25.7. The number of alkyl halides is 3. The zero-order valence-corrected chi connectivity index (χ0v) is 18.9. The number of halogens is 4. The summed E-state index contributed by atoms with van der Waals surface area (Å²) in [5, 5.41) is 2.69. The highest BCUT2D eigenvalue weighted by molar-refractivity contribution is 6.04. The van der Waals surface area contributed by atoms with Crippen LogP contribution < -0.4 is 5.32 Å². The molecule has 1 unspecified atom stereocenters. The first-order valence-corrected chi connectivity index (χ1v) is 11.1. The van der Waals surface area contributed by atoms with E-state index in [1.165, 1.54) is 24.3 Å². The van der Waals surface area contributed by atoms with Gasteiger partial charge in [-0.2, -0.15) is 13.2 Å². The van der Waals surface area contributed by atoms with Gasteiger partial charge in [0.1, 0.15) is 5.82 Å². The molecule has 0 heterocycles. The molecule has 36 heavy (non-hydrogen) atoms. The number of hydrogen-bond acceptors (Lipinski definition) is 2. The van der Waals surface area contributed by atoms with Gasteiger partial charge in [-0.3, -0.25) is 9.59 Å². The molecule has 4 aromatic rings. The maximum absolute atomic E-state index is 13.3. The van der Waals surface area contributed by atoms with Crippen LogP contribution in [0.2, 0.25) is 0 Å². The zero-order valence-electron chi connectivity index (χ0n) is 18.9.